The predicted octanol–water partition coefficient (Wildman–Crippen LogP) is 4.13. The molecule has 11 nitrogen and oxygen atoms in total. The van der Waals surface area contributed by atoms with Gasteiger partial charge in [-0.1, -0.05) is 0 Å². The Hall–Kier alpha value is -3.93. The Morgan fingerprint density at radius 3 is 2.11 bits per heavy atom. The number of hydrogen-bond donors (Lipinski definition) is 2. The fraction of sp³-hybridized carbons (Fsp3) is 0.485. The van der Waals surface area contributed by atoms with Crippen LogP contribution in [0.15, 0.2) is 54.6 Å². The van der Waals surface area contributed by atoms with Gasteiger partial charge in [0.05, 0.1) is 31.5 Å². The van der Waals surface area contributed by atoms with Crippen LogP contribution in [0.5, 0.6) is 0 Å². The maximum atomic E-state index is 12.8. The largest absolute Gasteiger partial charge is 0.377 e. The summed E-state index contributed by atoms with van der Waals surface area (Å²) < 4.78 is 11.8. The van der Waals surface area contributed by atoms with Gasteiger partial charge in [-0.25, -0.2) is 14.8 Å². The fourth-order valence-electron chi connectivity index (χ4n) is 6.55. The Kier molecular flexibility index (Phi) is 8.24. The molecule has 3 aromatic rings. The smallest absolute Gasteiger partial charge is 0.323 e. The number of morpholine rings is 2. The molecule has 4 saturated heterocycles. The summed E-state index contributed by atoms with van der Waals surface area (Å²) in [7, 11) is 2.15. The first-order valence-corrected chi connectivity index (χ1v) is 15.8. The van der Waals surface area contributed by atoms with Crippen LogP contribution in [0.3, 0.4) is 0 Å². The number of piperazine rings is 1. The van der Waals surface area contributed by atoms with Gasteiger partial charge in [-0.2, -0.15) is 0 Å². The van der Waals surface area contributed by atoms with Crippen molar-refractivity contribution in [3.63, 3.8) is 0 Å². The zero-order valence-corrected chi connectivity index (χ0v) is 25.6. The number of likely N-dealkylation sites (N-methyl/N-ethyl adjacent to an activating group) is 1. The average Bonchev–Trinajstić information content (AvgIpc) is 3.39. The molecule has 4 fully saturated rings. The number of carbonyl (C=O) groups is 1. The Labute approximate surface area is 259 Å². The maximum Gasteiger partial charge on any atom is 0.323 e. The third-order valence-corrected chi connectivity index (χ3v) is 9.12. The quantitative estimate of drug-likeness (QED) is 0.434. The molecular weight excluding hydrogens is 556 g/mol. The summed E-state index contributed by atoms with van der Waals surface area (Å²) >= 11 is 0. The van der Waals surface area contributed by atoms with Crippen molar-refractivity contribution < 1.29 is 14.3 Å². The number of ether oxygens (including phenoxy) is 2. The number of urea groups is 1. The van der Waals surface area contributed by atoms with Crippen molar-refractivity contribution in [2.24, 2.45) is 0 Å². The van der Waals surface area contributed by atoms with Gasteiger partial charge < -0.3 is 39.7 Å². The minimum Gasteiger partial charge on any atom is -0.377 e. The third kappa shape index (κ3) is 6.45. The monoisotopic (exact) mass is 598 g/mol. The number of nitrogens with one attached hydrogen (secondary N) is 2. The molecule has 0 saturated carbocycles. The van der Waals surface area contributed by atoms with Gasteiger partial charge in [0.15, 0.2) is 5.82 Å². The van der Waals surface area contributed by atoms with E-state index >= 15 is 0 Å². The minimum absolute atomic E-state index is 0.230. The van der Waals surface area contributed by atoms with Crippen molar-refractivity contribution in [1.82, 2.24) is 14.9 Å². The normalized spacial score (nSPS) is 24.0. The number of rotatable bonds is 6. The van der Waals surface area contributed by atoms with Gasteiger partial charge in [-0.05, 0) is 75.3 Å². The number of benzene rings is 2. The highest BCUT2D eigenvalue weighted by molar-refractivity contribution is 6.00. The van der Waals surface area contributed by atoms with Gasteiger partial charge in [-0.15, -0.1) is 0 Å². The number of hydrogen-bond acceptors (Lipinski definition) is 9. The van der Waals surface area contributed by atoms with Crippen LogP contribution in [-0.2, 0) is 9.47 Å². The van der Waals surface area contributed by atoms with Gasteiger partial charge >= 0.3 is 6.03 Å². The van der Waals surface area contributed by atoms with E-state index in [4.69, 9.17) is 19.4 Å². The zero-order valence-electron chi connectivity index (χ0n) is 25.6. The Bertz CT molecular complexity index is 1430. The number of anilines is 5. The molecule has 232 valence electrons. The second-order valence-corrected chi connectivity index (χ2v) is 12.4. The van der Waals surface area contributed by atoms with Crippen LogP contribution < -0.4 is 25.3 Å². The second-order valence-electron chi connectivity index (χ2n) is 12.4. The summed E-state index contributed by atoms with van der Waals surface area (Å²) in [6, 6.07) is 17.8. The molecule has 5 heterocycles. The molecule has 11 heteroatoms. The van der Waals surface area contributed by atoms with E-state index in [1.165, 1.54) is 5.69 Å². The molecule has 4 aliphatic heterocycles. The first kappa shape index (κ1) is 28.8. The van der Waals surface area contributed by atoms with E-state index < -0.39 is 0 Å². The fourth-order valence-corrected chi connectivity index (χ4v) is 6.55. The van der Waals surface area contributed by atoms with E-state index in [2.05, 4.69) is 62.4 Å². The molecule has 7 rings (SSSR count). The highest BCUT2D eigenvalue weighted by atomic mass is 16.5. The Balaban J connectivity index is 1.04. The molecule has 0 aliphatic carbocycles. The van der Waals surface area contributed by atoms with E-state index in [1.54, 1.807) is 0 Å². The van der Waals surface area contributed by atoms with Crippen LogP contribution in [0.4, 0.5) is 33.5 Å². The third-order valence-electron chi connectivity index (χ3n) is 9.12. The number of fused-ring (bicyclic) bond motifs is 2. The molecule has 1 aromatic heterocycles. The molecule has 2 N–H and O–H groups in total. The van der Waals surface area contributed by atoms with Crippen molar-refractivity contribution >= 4 is 34.7 Å². The number of aromatic nitrogens is 2. The van der Waals surface area contributed by atoms with Crippen LogP contribution in [0.1, 0.15) is 19.8 Å². The number of carbonyl (C=O) groups excluding carboxylic acids is 1. The van der Waals surface area contributed by atoms with Gasteiger partial charge in [0, 0.05) is 74.5 Å². The first-order chi connectivity index (χ1) is 21.5. The summed E-state index contributed by atoms with van der Waals surface area (Å²) in [5.74, 6) is 2.52. The van der Waals surface area contributed by atoms with Crippen LogP contribution in [0.2, 0.25) is 0 Å². The lowest BCUT2D eigenvalue weighted by Gasteiger charge is -2.36. The molecule has 3 atom stereocenters. The molecule has 0 radical (unpaired) electrons. The molecule has 4 aliphatic rings. The van der Waals surface area contributed by atoms with E-state index in [9.17, 15) is 4.79 Å². The predicted molar refractivity (Wildman–Crippen MR) is 174 cm³/mol. The second kappa shape index (κ2) is 12.6. The summed E-state index contributed by atoms with van der Waals surface area (Å²) in [5, 5.41) is 5.89. The summed E-state index contributed by atoms with van der Waals surface area (Å²) in [4.78, 5) is 32.2. The highest BCUT2D eigenvalue weighted by Crippen LogP contribution is 2.32. The van der Waals surface area contributed by atoms with Crippen molar-refractivity contribution in [3.8, 4) is 11.4 Å². The van der Waals surface area contributed by atoms with Gasteiger partial charge in [-0.3, -0.25) is 0 Å². The topological polar surface area (TPSA) is 98.3 Å². The van der Waals surface area contributed by atoms with E-state index in [0.717, 1.165) is 81.5 Å². The number of amides is 2. The first-order valence-electron chi connectivity index (χ1n) is 15.8. The standard InChI is InChI=1S/C33H42N8O3/c1-23-22-43-18-17-41(23)31-19-30(40-20-28-11-12-29(21-40)44-28)36-32(37-31)24-3-5-25(6-4-24)34-33(42)35-26-7-9-27(10-8-26)39-15-13-38(2)14-16-39/h3-10,19,23,28-29H,11-18,20-22H2,1-2H3,(H2,34,35,42)/t23-,28?,29?/m1/s1. The van der Waals surface area contributed by atoms with Crippen LogP contribution in [0, 0.1) is 0 Å². The molecule has 2 amide bonds. The SMILES string of the molecule is C[C@@H]1COCCN1c1cc(N2CC3CCC(C2)O3)nc(-c2ccc(NC(=O)Nc3ccc(N4CCN(C)CC4)cc3)cc2)n1. The molecule has 2 unspecified atom stereocenters. The van der Waals surface area contributed by atoms with Gasteiger partial charge in [0.2, 0.25) is 0 Å². The average molecular weight is 599 g/mol. The van der Waals surface area contributed by atoms with Crippen molar-refractivity contribution in [3.05, 3.63) is 54.6 Å². The van der Waals surface area contributed by atoms with E-state index in [1.807, 2.05) is 36.4 Å². The van der Waals surface area contributed by atoms with Crippen LogP contribution in [-0.4, -0.2) is 105 Å². The van der Waals surface area contributed by atoms with Crippen molar-refractivity contribution in [2.75, 3.05) is 91.4 Å². The molecule has 2 bridgehead atoms. The van der Waals surface area contributed by atoms with E-state index in [0.29, 0.717) is 24.7 Å². The van der Waals surface area contributed by atoms with Crippen molar-refractivity contribution in [2.45, 2.75) is 38.0 Å². The number of nitrogens with zero attached hydrogens (tertiary/aromatic N) is 6. The lowest BCUT2D eigenvalue weighted by atomic mass is 10.2. The van der Waals surface area contributed by atoms with Crippen LogP contribution >= 0.6 is 0 Å². The summed E-state index contributed by atoms with van der Waals surface area (Å²) in [6.45, 7) is 10.2. The molecule has 2 aromatic carbocycles. The maximum absolute atomic E-state index is 12.8. The Morgan fingerprint density at radius 1 is 0.818 bits per heavy atom. The van der Waals surface area contributed by atoms with E-state index in [-0.39, 0.29) is 24.3 Å². The minimum atomic E-state index is -0.283. The lowest BCUT2D eigenvalue weighted by molar-refractivity contribution is 0.0302. The lowest BCUT2D eigenvalue weighted by Crippen LogP contribution is -2.45. The zero-order chi connectivity index (χ0) is 30.0. The van der Waals surface area contributed by atoms with Gasteiger partial charge in [0.1, 0.15) is 11.6 Å². The van der Waals surface area contributed by atoms with Crippen molar-refractivity contribution in [1.29, 1.82) is 0 Å². The highest BCUT2D eigenvalue weighted by Gasteiger charge is 2.35. The summed E-state index contributed by atoms with van der Waals surface area (Å²) in [5.41, 5.74) is 3.53. The molecular formula is C33H42N8O3. The summed E-state index contributed by atoms with van der Waals surface area (Å²) in [6.07, 6.45) is 2.75. The Morgan fingerprint density at radius 2 is 1.45 bits per heavy atom. The molecule has 0 spiro atoms. The molecule has 44 heavy (non-hydrogen) atoms. The van der Waals surface area contributed by atoms with Gasteiger partial charge in [0.25, 0.3) is 0 Å². The van der Waals surface area contributed by atoms with Crippen LogP contribution in [0.25, 0.3) is 11.4 Å².